The van der Waals surface area contributed by atoms with E-state index < -0.39 is 0 Å². The fraction of sp³-hybridized carbons (Fsp3) is 0.211. The molecule has 0 aliphatic rings. The highest BCUT2D eigenvalue weighted by Crippen LogP contribution is 2.22. The van der Waals surface area contributed by atoms with Crippen molar-refractivity contribution in [2.75, 3.05) is 6.61 Å². The maximum absolute atomic E-state index is 5.79. The van der Waals surface area contributed by atoms with Crippen molar-refractivity contribution in [3.63, 3.8) is 0 Å². The second-order valence-electron chi connectivity index (χ2n) is 5.25. The number of rotatable bonds is 7. The van der Waals surface area contributed by atoms with E-state index in [0.29, 0.717) is 0 Å². The van der Waals surface area contributed by atoms with E-state index in [0.717, 1.165) is 31.7 Å². The summed E-state index contributed by atoms with van der Waals surface area (Å²) in [4.78, 5) is 4.03. The molecule has 3 rings (SSSR count). The van der Waals surface area contributed by atoms with E-state index in [2.05, 4.69) is 45.9 Å². The molecule has 3 nitrogen and oxygen atoms in total. The number of aromatic nitrogens is 2. The smallest absolute Gasteiger partial charge is 0.119 e. The molecule has 0 amide bonds. The molecule has 0 aliphatic carbocycles. The maximum Gasteiger partial charge on any atom is 0.119 e. The maximum atomic E-state index is 5.79. The standard InChI is InChI=1S/C19H20N2O.ClH/c1-2-6-17(7-3-1)18-8-10-19(11-9-18)22-15-5-4-13-21-14-12-20-16-21;/h1-3,6-12,14,16H,4-5,13,15H2;1H. The van der Waals surface area contributed by atoms with Gasteiger partial charge in [-0.25, -0.2) is 4.98 Å². The number of hydrogen-bond donors (Lipinski definition) is 0. The van der Waals surface area contributed by atoms with Gasteiger partial charge in [0.15, 0.2) is 0 Å². The molecule has 0 N–H and O–H groups in total. The van der Waals surface area contributed by atoms with Gasteiger partial charge in [0.2, 0.25) is 0 Å². The Bertz CT molecular complexity index is 666. The molecule has 120 valence electrons. The summed E-state index contributed by atoms with van der Waals surface area (Å²) in [6.07, 6.45) is 7.79. The highest BCUT2D eigenvalue weighted by Gasteiger charge is 1.98. The van der Waals surface area contributed by atoms with Gasteiger partial charge in [0.1, 0.15) is 5.75 Å². The Morgan fingerprint density at radius 1 is 0.870 bits per heavy atom. The minimum atomic E-state index is 0. The number of hydrogen-bond acceptors (Lipinski definition) is 2. The molecule has 1 aromatic heterocycles. The van der Waals surface area contributed by atoms with E-state index in [1.165, 1.54) is 11.1 Å². The monoisotopic (exact) mass is 328 g/mol. The molecule has 0 aliphatic heterocycles. The van der Waals surface area contributed by atoms with E-state index in [-0.39, 0.29) is 12.4 Å². The number of halogens is 1. The van der Waals surface area contributed by atoms with Crippen molar-refractivity contribution in [2.45, 2.75) is 19.4 Å². The summed E-state index contributed by atoms with van der Waals surface area (Å²) in [5.74, 6) is 0.933. The number of unbranched alkanes of at least 4 members (excludes halogenated alkanes) is 1. The van der Waals surface area contributed by atoms with Crippen LogP contribution in [0.15, 0.2) is 73.3 Å². The number of benzene rings is 2. The van der Waals surface area contributed by atoms with E-state index >= 15 is 0 Å². The van der Waals surface area contributed by atoms with E-state index in [1.54, 1.807) is 0 Å². The lowest BCUT2D eigenvalue weighted by Gasteiger charge is -2.08. The Morgan fingerprint density at radius 2 is 1.61 bits per heavy atom. The van der Waals surface area contributed by atoms with Crippen LogP contribution in [0.4, 0.5) is 0 Å². The Morgan fingerprint density at radius 3 is 2.30 bits per heavy atom. The van der Waals surface area contributed by atoms with Crippen molar-refractivity contribution in [3.8, 4) is 16.9 Å². The van der Waals surface area contributed by atoms with Crippen molar-refractivity contribution in [3.05, 3.63) is 73.3 Å². The molecule has 0 fully saturated rings. The molecule has 0 saturated carbocycles. The molecule has 3 aromatic rings. The van der Waals surface area contributed by atoms with Gasteiger partial charge >= 0.3 is 0 Å². The molecule has 0 saturated heterocycles. The lowest BCUT2D eigenvalue weighted by Crippen LogP contribution is -2.00. The van der Waals surface area contributed by atoms with Crippen LogP contribution in [-0.4, -0.2) is 16.2 Å². The average molecular weight is 329 g/mol. The first-order chi connectivity index (χ1) is 10.9. The summed E-state index contributed by atoms with van der Waals surface area (Å²) in [6, 6.07) is 18.7. The fourth-order valence-electron chi connectivity index (χ4n) is 2.38. The van der Waals surface area contributed by atoms with Crippen LogP contribution in [0.3, 0.4) is 0 Å². The zero-order chi connectivity index (χ0) is 15.0. The van der Waals surface area contributed by atoms with Crippen molar-refractivity contribution < 1.29 is 4.74 Å². The first kappa shape index (κ1) is 17.1. The van der Waals surface area contributed by atoms with Gasteiger partial charge in [0.25, 0.3) is 0 Å². The fourth-order valence-corrected chi connectivity index (χ4v) is 2.38. The van der Waals surface area contributed by atoms with Gasteiger partial charge in [0.05, 0.1) is 12.9 Å². The first-order valence-electron chi connectivity index (χ1n) is 7.66. The third-order valence-corrected chi connectivity index (χ3v) is 3.60. The second-order valence-corrected chi connectivity index (χ2v) is 5.25. The molecule has 1 heterocycles. The Balaban J connectivity index is 0.00000192. The van der Waals surface area contributed by atoms with Crippen LogP contribution >= 0.6 is 12.4 Å². The number of nitrogens with zero attached hydrogens (tertiary/aromatic N) is 2. The van der Waals surface area contributed by atoms with Gasteiger partial charge in [0, 0.05) is 18.9 Å². The van der Waals surface area contributed by atoms with Crippen molar-refractivity contribution in [2.24, 2.45) is 0 Å². The van der Waals surface area contributed by atoms with Crippen LogP contribution in [0, 0.1) is 0 Å². The SMILES string of the molecule is Cl.c1ccc(-c2ccc(OCCCCn3ccnc3)cc2)cc1. The normalized spacial score (nSPS) is 10.1. The van der Waals surface area contributed by atoms with Crippen LogP contribution in [0.2, 0.25) is 0 Å². The van der Waals surface area contributed by atoms with Gasteiger partial charge in [-0.1, -0.05) is 42.5 Å². The number of imidazole rings is 1. The van der Waals surface area contributed by atoms with Crippen LogP contribution < -0.4 is 4.74 Å². The third kappa shape index (κ3) is 5.15. The van der Waals surface area contributed by atoms with Crippen LogP contribution in [-0.2, 0) is 6.54 Å². The molecular weight excluding hydrogens is 308 g/mol. The number of aryl methyl sites for hydroxylation is 1. The Hall–Kier alpha value is -2.26. The zero-order valence-corrected chi connectivity index (χ0v) is 13.8. The van der Waals surface area contributed by atoms with Crippen LogP contribution in [0.1, 0.15) is 12.8 Å². The van der Waals surface area contributed by atoms with Gasteiger partial charge < -0.3 is 9.30 Å². The lowest BCUT2D eigenvalue weighted by molar-refractivity contribution is 0.303. The molecule has 0 spiro atoms. The average Bonchev–Trinajstić information content (AvgIpc) is 3.09. The van der Waals surface area contributed by atoms with Crippen molar-refractivity contribution in [1.82, 2.24) is 9.55 Å². The second kappa shape index (κ2) is 9.01. The highest BCUT2D eigenvalue weighted by atomic mass is 35.5. The quantitative estimate of drug-likeness (QED) is 0.581. The summed E-state index contributed by atoms with van der Waals surface area (Å²) >= 11 is 0. The summed E-state index contributed by atoms with van der Waals surface area (Å²) in [5.41, 5.74) is 2.45. The predicted octanol–water partition coefficient (Wildman–Crippen LogP) is 4.83. The molecule has 4 heteroatoms. The zero-order valence-electron chi connectivity index (χ0n) is 13.0. The minimum absolute atomic E-state index is 0. The molecule has 0 radical (unpaired) electrons. The van der Waals surface area contributed by atoms with E-state index in [9.17, 15) is 0 Å². The van der Waals surface area contributed by atoms with E-state index in [4.69, 9.17) is 4.74 Å². The molecule has 0 unspecified atom stereocenters. The minimum Gasteiger partial charge on any atom is -0.494 e. The summed E-state index contributed by atoms with van der Waals surface area (Å²) in [7, 11) is 0. The molecule has 2 aromatic carbocycles. The summed E-state index contributed by atoms with van der Waals surface area (Å²) in [5, 5.41) is 0. The lowest BCUT2D eigenvalue weighted by atomic mass is 10.1. The third-order valence-electron chi connectivity index (χ3n) is 3.60. The highest BCUT2D eigenvalue weighted by molar-refractivity contribution is 5.85. The Labute approximate surface area is 143 Å². The van der Waals surface area contributed by atoms with Crippen LogP contribution in [0.25, 0.3) is 11.1 Å². The van der Waals surface area contributed by atoms with Gasteiger partial charge in [-0.3, -0.25) is 0 Å². The molecule has 0 atom stereocenters. The molecule has 0 bridgehead atoms. The Kier molecular flexibility index (Phi) is 6.70. The molecular formula is C19H21ClN2O. The van der Waals surface area contributed by atoms with Crippen LogP contribution in [0.5, 0.6) is 5.75 Å². The number of ether oxygens (including phenoxy) is 1. The summed E-state index contributed by atoms with van der Waals surface area (Å²) < 4.78 is 7.88. The molecule has 23 heavy (non-hydrogen) atoms. The van der Waals surface area contributed by atoms with Gasteiger partial charge in [-0.2, -0.15) is 0 Å². The van der Waals surface area contributed by atoms with Gasteiger partial charge in [-0.15, -0.1) is 12.4 Å². The van der Waals surface area contributed by atoms with E-state index in [1.807, 2.05) is 36.9 Å². The van der Waals surface area contributed by atoms with Crippen molar-refractivity contribution >= 4 is 12.4 Å². The largest absolute Gasteiger partial charge is 0.494 e. The topological polar surface area (TPSA) is 27.1 Å². The van der Waals surface area contributed by atoms with Crippen molar-refractivity contribution in [1.29, 1.82) is 0 Å². The predicted molar refractivity (Wildman–Crippen MR) is 96.1 cm³/mol. The summed E-state index contributed by atoms with van der Waals surface area (Å²) in [6.45, 7) is 1.75. The first-order valence-corrected chi connectivity index (χ1v) is 7.66. The van der Waals surface area contributed by atoms with Gasteiger partial charge in [-0.05, 0) is 36.1 Å².